The molecular weight excluding hydrogens is 395 g/mol. The maximum Gasteiger partial charge on any atom is 0.274 e. The van der Waals surface area contributed by atoms with E-state index in [1.807, 2.05) is 36.4 Å². The SMILES string of the molecule is O=C(NO)c1ccc2c(c1)CCN(C(=O)C(=Cc1ccccc1)c1ccc(F)cc1)C2. The van der Waals surface area contributed by atoms with E-state index < -0.39 is 5.91 Å². The van der Waals surface area contributed by atoms with Gasteiger partial charge in [-0.1, -0.05) is 48.5 Å². The number of benzene rings is 3. The molecule has 0 aromatic heterocycles. The van der Waals surface area contributed by atoms with E-state index in [0.29, 0.717) is 36.2 Å². The molecule has 6 heteroatoms. The Morgan fingerprint density at radius 2 is 1.65 bits per heavy atom. The molecule has 1 aliphatic heterocycles. The first-order valence-electron chi connectivity index (χ1n) is 9.93. The highest BCUT2D eigenvalue weighted by Gasteiger charge is 2.25. The average molecular weight is 416 g/mol. The number of halogens is 1. The van der Waals surface area contributed by atoms with Gasteiger partial charge >= 0.3 is 0 Å². The molecular formula is C25H21FN2O3. The first-order valence-corrected chi connectivity index (χ1v) is 9.93. The molecule has 0 bridgehead atoms. The van der Waals surface area contributed by atoms with Gasteiger partial charge in [0.1, 0.15) is 5.82 Å². The molecule has 4 rings (SSSR count). The lowest BCUT2D eigenvalue weighted by Gasteiger charge is -2.30. The summed E-state index contributed by atoms with van der Waals surface area (Å²) >= 11 is 0. The Balaban J connectivity index is 1.64. The Kier molecular flexibility index (Phi) is 5.91. The van der Waals surface area contributed by atoms with Crippen LogP contribution in [0.25, 0.3) is 11.6 Å². The predicted octanol–water partition coefficient (Wildman–Crippen LogP) is 4.07. The molecule has 0 aliphatic carbocycles. The Labute approximate surface area is 179 Å². The van der Waals surface area contributed by atoms with Crippen LogP contribution in [0.15, 0.2) is 72.8 Å². The van der Waals surface area contributed by atoms with Crippen molar-refractivity contribution in [3.05, 3.63) is 106 Å². The van der Waals surface area contributed by atoms with Gasteiger partial charge in [-0.2, -0.15) is 0 Å². The quantitative estimate of drug-likeness (QED) is 0.292. The van der Waals surface area contributed by atoms with Gasteiger partial charge in [-0.15, -0.1) is 0 Å². The molecule has 0 radical (unpaired) electrons. The summed E-state index contributed by atoms with van der Waals surface area (Å²) in [6.07, 6.45) is 2.41. The molecule has 0 fully saturated rings. The first kappa shape index (κ1) is 20.5. The fourth-order valence-corrected chi connectivity index (χ4v) is 3.72. The summed E-state index contributed by atoms with van der Waals surface area (Å²) in [6, 6.07) is 20.6. The number of carbonyl (C=O) groups excluding carboxylic acids is 2. The van der Waals surface area contributed by atoms with Crippen molar-refractivity contribution in [2.75, 3.05) is 6.54 Å². The monoisotopic (exact) mass is 416 g/mol. The molecule has 1 aliphatic rings. The zero-order valence-electron chi connectivity index (χ0n) is 16.7. The minimum atomic E-state index is -0.564. The van der Waals surface area contributed by atoms with Gasteiger partial charge in [0.05, 0.1) is 0 Å². The van der Waals surface area contributed by atoms with Gasteiger partial charge in [0.25, 0.3) is 11.8 Å². The normalized spacial score (nSPS) is 13.5. The second-order valence-corrected chi connectivity index (χ2v) is 7.38. The molecule has 0 atom stereocenters. The van der Waals surface area contributed by atoms with E-state index in [-0.39, 0.29) is 11.7 Å². The number of nitrogens with zero attached hydrogens (tertiary/aromatic N) is 1. The maximum atomic E-state index is 13.5. The highest BCUT2D eigenvalue weighted by molar-refractivity contribution is 6.24. The summed E-state index contributed by atoms with van der Waals surface area (Å²) in [7, 11) is 0. The minimum Gasteiger partial charge on any atom is -0.334 e. The topological polar surface area (TPSA) is 69.6 Å². The van der Waals surface area contributed by atoms with Crippen LogP contribution < -0.4 is 5.48 Å². The second-order valence-electron chi connectivity index (χ2n) is 7.38. The van der Waals surface area contributed by atoms with Crippen LogP contribution >= 0.6 is 0 Å². The molecule has 2 N–H and O–H groups in total. The summed E-state index contributed by atoms with van der Waals surface area (Å²) in [5.74, 6) is -1.06. The molecule has 3 aromatic rings. The molecule has 3 aromatic carbocycles. The zero-order chi connectivity index (χ0) is 21.8. The van der Waals surface area contributed by atoms with Gasteiger partial charge in [-0.25, -0.2) is 9.87 Å². The van der Waals surface area contributed by atoms with E-state index in [4.69, 9.17) is 5.21 Å². The van der Waals surface area contributed by atoms with Crippen molar-refractivity contribution in [3.8, 4) is 0 Å². The van der Waals surface area contributed by atoms with Crippen molar-refractivity contribution >= 4 is 23.5 Å². The number of hydrogen-bond donors (Lipinski definition) is 2. The highest BCUT2D eigenvalue weighted by atomic mass is 19.1. The summed E-state index contributed by atoms with van der Waals surface area (Å²) in [5, 5.41) is 8.83. The van der Waals surface area contributed by atoms with Crippen molar-refractivity contribution in [2.24, 2.45) is 0 Å². The first-order chi connectivity index (χ1) is 15.0. The molecule has 0 spiro atoms. The van der Waals surface area contributed by atoms with Crippen LogP contribution in [0.3, 0.4) is 0 Å². The van der Waals surface area contributed by atoms with Crippen LogP contribution in [-0.4, -0.2) is 28.5 Å². The number of carbonyl (C=O) groups is 2. The van der Waals surface area contributed by atoms with E-state index in [1.54, 1.807) is 40.7 Å². The zero-order valence-corrected chi connectivity index (χ0v) is 16.7. The lowest BCUT2D eigenvalue weighted by Crippen LogP contribution is -2.36. The highest BCUT2D eigenvalue weighted by Crippen LogP contribution is 2.26. The summed E-state index contributed by atoms with van der Waals surface area (Å²) in [6.45, 7) is 0.895. The molecule has 156 valence electrons. The van der Waals surface area contributed by atoms with Crippen LogP contribution in [-0.2, 0) is 17.8 Å². The summed E-state index contributed by atoms with van der Waals surface area (Å²) in [4.78, 5) is 26.9. The third kappa shape index (κ3) is 4.54. The molecule has 2 amide bonds. The fourth-order valence-electron chi connectivity index (χ4n) is 3.72. The molecule has 5 nitrogen and oxygen atoms in total. The minimum absolute atomic E-state index is 0.140. The lowest BCUT2D eigenvalue weighted by atomic mass is 9.95. The van der Waals surface area contributed by atoms with E-state index in [1.165, 1.54) is 12.1 Å². The van der Waals surface area contributed by atoms with E-state index in [0.717, 1.165) is 16.7 Å². The third-order valence-corrected chi connectivity index (χ3v) is 5.37. The second kappa shape index (κ2) is 8.93. The van der Waals surface area contributed by atoms with Crippen molar-refractivity contribution in [1.29, 1.82) is 0 Å². The van der Waals surface area contributed by atoms with Crippen LogP contribution in [0.5, 0.6) is 0 Å². The Morgan fingerprint density at radius 3 is 2.35 bits per heavy atom. The van der Waals surface area contributed by atoms with Gasteiger partial charge in [-0.3, -0.25) is 14.8 Å². The number of hydroxylamine groups is 1. The molecule has 0 saturated heterocycles. The number of nitrogens with one attached hydrogen (secondary N) is 1. The van der Waals surface area contributed by atoms with Crippen molar-refractivity contribution in [1.82, 2.24) is 10.4 Å². The van der Waals surface area contributed by atoms with Gasteiger partial charge in [-0.05, 0) is 59.0 Å². The van der Waals surface area contributed by atoms with Crippen molar-refractivity contribution < 1.29 is 19.2 Å². The Morgan fingerprint density at radius 1 is 0.935 bits per heavy atom. The molecule has 1 heterocycles. The molecule has 0 unspecified atom stereocenters. The van der Waals surface area contributed by atoms with E-state index in [2.05, 4.69) is 0 Å². The average Bonchev–Trinajstić information content (AvgIpc) is 2.82. The van der Waals surface area contributed by atoms with Crippen LogP contribution in [0.1, 0.15) is 32.6 Å². The fraction of sp³-hybridized carbons (Fsp3) is 0.120. The van der Waals surface area contributed by atoms with E-state index >= 15 is 0 Å². The van der Waals surface area contributed by atoms with Crippen molar-refractivity contribution in [2.45, 2.75) is 13.0 Å². The lowest BCUT2D eigenvalue weighted by molar-refractivity contribution is -0.125. The standard InChI is InChI=1S/C25H21FN2O3/c26-22-10-8-18(9-11-22)23(14-17-4-2-1-3-5-17)25(30)28-13-12-19-15-20(24(29)27-31)6-7-21(19)16-28/h1-11,14-15,31H,12-13,16H2,(H,27,29). The summed E-state index contributed by atoms with van der Waals surface area (Å²) < 4.78 is 13.5. The van der Waals surface area contributed by atoms with Gasteiger partial charge in [0, 0.05) is 24.2 Å². The maximum absolute atomic E-state index is 13.5. The van der Waals surface area contributed by atoms with E-state index in [9.17, 15) is 14.0 Å². The number of hydrogen-bond acceptors (Lipinski definition) is 3. The van der Waals surface area contributed by atoms with Gasteiger partial charge in [0.2, 0.25) is 0 Å². The Bertz CT molecular complexity index is 1140. The smallest absolute Gasteiger partial charge is 0.274 e. The van der Waals surface area contributed by atoms with Crippen LogP contribution in [0.2, 0.25) is 0 Å². The number of amides is 2. The number of fused-ring (bicyclic) bond motifs is 1. The predicted molar refractivity (Wildman–Crippen MR) is 116 cm³/mol. The molecule has 0 saturated carbocycles. The largest absolute Gasteiger partial charge is 0.334 e. The van der Waals surface area contributed by atoms with Crippen LogP contribution in [0, 0.1) is 5.82 Å². The summed E-state index contributed by atoms with van der Waals surface area (Å²) in [5.41, 5.74) is 5.96. The van der Waals surface area contributed by atoms with Crippen LogP contribution in [0.4, 0.5) is 4.39 Å². The third-order valence-electron chi connectivity index (χ3n) is 5.37. The van der Waals surface area contributed by atoms with Crippen molar-refractivity contribution in [3.63, 3.8) is 0 Å². The van der Waals surface area contributed by atoms with Gasteiger partial charge < -0.3 is 4.90 Å². The van der Waals surface area contributed by atoms with Gasteiger partial charge in [0.15, 0.2) is 0 Å². The number of rotatable bonds is 4. The molecule has 31 heavy (non-hydrogen) atoms. The Hall–Kier alpha value is -3.77.